The first-order valence-electron chi connectivity index (χ1n) is 8.92. The maximum absolute atomic E-state index is 12.5. The van der Waals surface area contributed by atoms with E-state index in [0.717, 1.165) is 39.1 Å². The third-order valence-electron chi connectivity index (χ3n) is 4.77. The highest BCUT2D eigenvalue weighted by Gasteiger charge is 2.21. The van der Waals surface area contributed by atoms with E-state index < -0.39 is 0 Å². The summed E-state index contributed by atoms with van der Waals surface area (Å²) in [4.78, 5) is 21.0. The molecule has 1 amide bonds. The van der Waals surface area contributed by atoms with Gasteiger partial charge in [0.2, 0.25) is 0 Å². The topological polar surface area (TPSA) is 41.4 Å². The van der Waals surface area contributed by atoms with Gasteiger partial charge in [0, 0.05) is 56.2 Å². The zero-order valence-electron chi connectivity index (χ0n) is 14.6. The minimum absolute atomic E-state index is 0.0594. The number of thiazole rings is 1. The third kappa shape index (κ3) is 3.86. The highest BCUT2D eigenvalue weighted by molar-refractivity contribution is 7.07. The zero-order chi connectivity index (χ0) is 17.8. The van der Waals surface area contributed by atoms with Crippen molar-refractivity contribution in [3.05, 3.63) is 70.9 Å². The van der Waals surface area contributed by atoms with Gasteiger partial charge in [0.15, 0.2) is 0 Å². The molecule has 1 aliphatic heterocycles. The molecule has 1 saturated heterocycles. The molecule has 26 heavy (non-hydrogen) atoms. The van der Waals surface area contributed by atoms with Gasteiger partial charge in [-0.2, -0.15) is 0 Å². The third-order valence-corrected chi connectivity index (χ3v) is 5.36. The van der Waals surface area contributed by atoms with Gasteiger partial charge in [0.25, 0.3) is 5.91 Å². The van der Waals surface area contributed by atoms with Crippen molar-refractivity contribution in [3.8, 4) is 5.69 Å². The van der Waals surface area contributed by atoms with Crippen LogP contribution < -0.4 is 0 Å². The molecule has 5 nitrogen and oxygen atoms in total. The molecular formula is C20H22N4OS. The fraction of sp³-hybridized carbons (Fsp3) is 0.300. The summed E-state index contributed by atoms with van der Waals surface area (Å²) in [6.45, 7) is 4.40. The normalized spacial score (nSPS) is 15.8. The SMILES string of the molecule is O=C(c1cscn1)N1CCCN(Cc2ccc(-n3cccc3)cc2)CC1. The molecule has 0 bridgehead atoms. The Labute approximate surface area is 157 Å². The molecule has 0 atom stereocenters. The Balaban J connectivity index is 1.35. The number of amides is 1. The van der Waals surface area contributed by atoms with Crippen molar-refractivity contribution in [1.82, 2.24) is 19.4 Å². The van der Waals surface area contributed by atoms with E-state index in [-0.39, 0.29) is 5.91 Å². The van der Waals surface area contributed by atoms with E-state index in [1.807, 2.05) is 22.4 Å². The zero-order valence-corrected chi connectivity index (χ0v) is 15.4. The van der Waals surface area contributed by atoms with E-state index in [1.165, 1.54) is 22.6 Å². The molecule has 6 heteroatoms. The molecule has 1 aromatic carbocycles. The average molecular weight is 366 g/mol. The molecule has 4 rings (SSSR count). The Morgan fingerprint density at radius 3 is 2.58 bits per heavy atom. The van der Waals surface area contributed by atoms with E-state index in [1.54, 1.807) is 5.51 Å². The highest BCUT2D eigenvalue weighted by Crippen LogP contribution is 2.14. The number of carbonyl (C=O) groups excluding carboxylic acids is 1. The second-order valence-electron chi connectivity index (χ2n) is 6.55. The molecule has 2 aromatic heterocycles. The Hall–Kier alpha value is -2.44. The summed E-state index contributed by atoms with van der Waals surface area (Å²) >= 11 is 1.47. The summed E-state index contributed by atoms with van der Waals surface area (Å²) < 4.78 is 2.11. The van der Waals surface area contributed by atoms with Crippen molar-refractivity contribution in [1.29, 1.82) is 0 Å². The lowest BCUT2D eigenvalue weighted by Crippen LogP contribution is -2.35. The minimum Gasteiger partial charge on any atom is -0.336 e. The fourth-order valence-electron chi connectivity index (χ4n) is 3.35. The number of hydrogen-bond acceptors (Lipinski definition) is 4. The van der Waals surface area contributed by atoms with Gasteiger partial charge in [0.05, 0.1) is 5.51 Å². The minimum atomic E-state index is 0.0594. The van der Waals surface area contributed by atoms with Gasteiger partial charge in [-0.3, -0.25) is 9.69 Å². The summed E-state index contributed by atoms with van der Waals surface area (Å²) in [5.74, 6) is 0.0594. The Kier molecular flexibility index (Phi) is 5.13. The molecule has 0 spiro atoms. The van der Waals surface area contributed by atoms with Gasteiger partial charge >= 0.3 is 0 Å². The molecule has 1 fully saturated rings. The van der Waals surface area contributed by atoms with Gasteiger partial charge in [-0.05, 0) is 36.2 Å². The summed E-state index contributed by atoms with van der Waals surface area (Å²) in [6.07, 6.45) is 5.10. The van der Waals surface area contributed by atoms with Gasteiger partial charge in [-0.1, -0.05) is 12.1 Å². The fourth-order valence-corrected chi connectivity index (χ4v) is 3.88. The first kappa shape index (κ1) is 17.0. The second-order valence-corrected chi connectivity index (χ2v) is 7.27. The molecule has 3 aromatic rings. The monoisotopic (exact) mass is 366 g/mol. The lowest BCUT2D eigenvalue weighted by molar-refractivity contribution is 0.0756. The summed E-state index contributed by atoms with van der Waals surface area (Å²) in [5, 5.41) is 1.83. The highest BCUT2D eigenvalue weighted by atomic mass is 32.1. The van der Waals surface area contributed by atoms with E-state index in [0.29, 0.717) is 5.69 Å². The van der Waals surface area contributed by atoms with Gasteiger partial charge in [-0.25, -0.2) is 4.98 Å². The van der Waals surface area contributed by atoms with Crippen LogP contribution in [0.1, 0.15) is 22.5 Å². The predicted molar refractivity (Wildman–Crippen MR) is 104 cm³/mol. The Morgan fingerprint density at radius 1 is 1.04 bits per heavy atom. The summed E-state index contributed by atoms with van der Waals surface area (Å²) in [7, 11) is 0. The number of benzene rings is 1. The van der Waals surface area contributed by atoms with Crippen LogP contribution in [0.3, 0.4) is 0 Å². The number of aromatic nitrogens is 2. The molecule has 0 N–H and O–H groups in total. The smallest absolute Gasteiger partial charge is 0.273 e. The predicted octanol–water partition coefficient (Wildman–Crippen LogP) is 3.28. The van der Waals surface area contributed by atoms with Crippen LogP contribution in [0.5, 0.6) is 0 Å². The Bertz CT molecular complexity index is 827. The van der Waals surface area contributed by atoms with Gasteiger partial charge in [0.1, 0.15) is 5.69 Å². The number of nitrogens with zero attached hydrogens (tertiary/aromatic N) is 4. The maximum atomic E-state index is 12.5. The second kappa shape index (κ2) is 7.85. The van der Waals surface area contributed by atoms with Crippen LogP contribution in [0.15, 0.2) is 59.7 Å². The quantitative estimate of drug-likeness (QED) is 0.712. The van der Waals surface area contributed by atoms with Gasteiger partial charge < -0.3 is 9.47 Å². The maximum Gasteiger partial charge on any atom is 0.273 e. The molecule has 1 aliphatic rings. The Morgan fingerprint density at radius 2 is 1.85 bits per heavy atom. The van der Waals surface area contributed by atoms with Crippen LogP contribution in [0.2, 0.25) is 0 Å². The standard InChI is InChI=1S/C20H22N4OS/c25-20(19-15-26-16-21-19)24-11-3-8-22(12-13-24)14-17-4-6-18(7-5-17)23-9-1-2-10-23/h1-2,4-7,9-10,15-16H,3,8,11-14H2. The largest absolute Gasteiger partial charge is 0.336 e. The van der Waals surface area contributed by atoms with Crippen molar-refractivity contribution >= 4 is 17.2 Å². The van der Waals surface area contributed by atoms with Crippen LogP contribution >= 0.6 is 11.3 Å². The van der Waals surface area contributed by atoms with Crippen molar-refractivity contribution in [3.63, 3.8) is 0 Å². The molecule has 0 aliphatic carbocycles. The van der Waals surface area contributed by atoms with Crippen LogP contribution in [0, 0.1) is 0 Å². The number of carbonyl (C=O) groups is 1. The summed E-state index contributed by atoms with van der Waals surface area (Å²) in [5.41, 5.74) is 4.77. The molecule has 0 unspecified atom stereocenters. The van der Waals surface area contributed by atoms with Crippen LogP contribution in [0.4, 0.5) is 0 Å². The van der Waals surface area contributed by atoms with Crippen molar-refractivity contribution in [2.24, 2.45) is 0 Å². The first-order valence-corrected chi connectivity index (χ1v) is 9.86. The van der Waals surface area contributed by atoms with Crippen molar-refractivity contribution < 1.29 is 4.79 Å². The first-order chi connectivity index (χ1) is 12.8. The molecule has 134 valence electrons. The number of hydrogen-bond donors (Lipinski definition) is 0. The molecule has 0 radical (unpaired) electrons. The molecule has 0 saturated carbocycles. The van der Waals surface area contributed by atoms with Gasteiger partial charge in [-0.15, -0.1) is 11.3 Å². The van der Waals surface area contributed by atoms with Crippen LogP contribution in [-0.4, -0.2) is 51.4 Å². The molecule has 3 heterocycles. The van der Waals surface area contributed by atoms with Crippen molar-refractivity contribution in [2.45, 2.75) is 13.0 Å². The van der Waals surface area contributed by atoms with E-state index >= 15 is 0 Å². The van der Waals surface area contributed by atoms with Crippen molar-refractivity contribution in [2.75, 3.05) is 26.2 Å². The number of rotatable bonds is 4. The van der Waals surface area contributed by atoms with E-state index in [9.17, 15) is 4.79 Å². The average Bonchev–Trinajstić information content (AvgIpc) is 3.34. The van der Waals surface area contributed by atoms with E-state index in [2.05, 4.69) is 51.1 Å². The lowest BCUT2D eigenvalue weighted by Gasteiger charge is -2.21. The molecular weight excluding hydrogens is 344 g/mol. The van der Waals surface area contributed by atoms with E-state index in [4.69, 9.17) is 0 Å². The lowest BCUT2D eigenvalue weighted by atomic mass is 10.2. The van der Waals surface area contributed by atoms with Crippen LogP contribution in [-0.2, 0) is 6.54 Å². The van der Waals surface area contributed by atoms with Crippen LogP contribution in [0.25, 0.3) is 5.69 Å². The summed E-state index contributed by atoms with van der Waals surface area (Å²) in [6, 6.07) is 12.8.